The van der Waals surface area contributed by atoms with Gasteiger partial charge >= 0.3 is 0 Å². The molecule has 1 saturated heterocycles. The predicted molar refractivity (Wildman–Crippen MR) is 103 cm³/mol. The summed E-state index contributed by atoms with van der Waals surface area (Å²) in [6.45, 7) is 2.09. The minimum Gasteiger partial charge on any atom is -0.497 e. The van der Waals surface area contributed by atoms with Gasteiger partial charge in [-0.2, -0.15) is 5.26 Å². The molecular formula is C21H23FN4O. The third-order valence-electron chi connectivity index (χ3n) is 4.91. The number of aliphatic imine (C=N–C) groups is 1. The summed E-state index contributed by atoms with van der Waals surface area (Å²) in [6.07, 6.45) is 1.04. The number of ether oxygens (including phenoxy) is 1. The van der Waals surface area contributed by atoms with Gasteiger partial charge in [0.2, 0.25) is 0 Å². The van der Waals surface area contributed by atoms with Crippen LogP contribution in [0.3, 0.4) is 0 Å². The Hall–Kier alpha value is -3.07. The fourth-order valence-electron chi connectivity index (χ4n) is 3.37. The van der Waals surface area contributed by atoms with Crippen molar-refractivity contribution < 1.29 is 9.13 Å². The number of methoxy groups -OCH3 is 1. The molecule has 27 heavy (non-hydrogen) atoms. The average Bonchev–Trinajstić information content (AvgIpc) is 3.19. The van der Waals surface area contributed by atoms with E-state index in [2.05, 4.69) is 27.3 Å². The van der Waals surface area contributed by atoms with Gasteiger partial charge in [0.25, 0.3) is 0 Å². The molecule has 0 bridgehead atoms. The van der Waals surface area contributed by atoms with Crippen LogP contribution in [0.5, 0.6) is 5.75 Å². The Morgan fingerprint density at radius 2 is 2.11 bits per heavy atom. The van der Waals surface area contributed by atoms with Crippen molar-refractivity contribution in [1.82, 2.24) is 10.2 Å². The van der Waals surface area contributed by atoms with Gasteiger partial charge in [-0.1, -0.05) is 18.2 Å². The number of rotatable bonds is 4. The van der Waals surface area contributed by atoms with E-state index in [0.29, 0.717) is 23.6 Å². The number of hydrogen-bond acceptors (Lipinski definition) is 3. The summed E-state index contributed by atoms with van der Waals surface area (Å²) >= 11 is 0. The summed E-state index contributed by atoms with van der Waals surface area (Å²) in [7, 11) is 3.40. The van der Waals surface area contributed by atoms with Crippen molar-refractivity contribution in [3.63, 3.8) is 0 Å². The van der Waals surface area contributed by atoms with Crippen LogP contribution in [-0.4, -0.2) is 38.1 Å². The zero-order valence-corrected chi connectivity index (χ0v) is 15.6. The SMILES string of the molecule is CN=C(NCc1ccc(C#N)cc1F)N1CCC(c2ccc(OC)cc2)C1. The lowest BCUT2D eigenvalue weighted by molar-refractivity contribution is 0.414. The smallest absolute Gasteiger partial charge is 0.193 e. The Morgan fingerprint density at radius 3 is 2.74 bits per heavy atom. The molecule has 1 N–H and O–H groups in total. The Kier molecular flexibility index (Phi) is 5.92. The van der Waals surface area contributed by atoms with E-state index in [0.717, 1.165) is 31.2 Å². The third-order valence-corrected chi connectivity index (χ3v) is 4.91. The topological polar surface area (TPSA) is 60.7 Å². The van der Waals surface area contributed by atoms with Gasteiger partial charge in [-0.3, -0.25) is 4.99 Å². The zero-order valence-electron chi connectivity index (χ0n) is 15.6. The number of guanidine groups is 1. The fraction of sp³-hybridized carbons (Fsp3) is 0.333. The standard InChI is InChI=1S/C21H23FN4O/c1-24-21(25-13-17-4-3-15(12-23)11-20(17)22)26-10-9-18(14-26)16-5-7-19(27-2)8-6-16/h3-8,11,18H,9-10,13-14H2,1-2H3,(H,24,25). The molecule has 3 rings (SSSR count). The highest BCUT2D eigenvalue weighted by Gasteiger charge is 2.26. The molecule has 5 nitrogen and oxygen atoms in total. The van der Waals surface area contributed by atoms with Crippen LogP contribution in [0, 0.1) is 17.1 Å². The number of benzene rings is 2. The van der Waals surface area contributed by atoms with Crippen molar-refractivity contribution in [2.75, 3.05) is 27.2 Å². The third kappa shape index (κ3) is 4.37. The lowest BCUT2D eigenvalue weighted by atomic mass is 9.98. The first-order valence-corrected chi connectivity index (χ1v) is 8.92. The van der Waals surface area contributed by atoms with E-state index in [1.54, 1.807) is 26.3 Å². The zero-order chi connectivity index (χ0) is 19.2. The summed E-state index contributed by atoms with van der Waals surface area (Å²) < 4.78 is 19.3. The van der Waals surface area contributed by atoms with Gasteiger partial charge in [-0.05, 0) is 36.2 Å². The van der Waals surface area contributed by atoms with Gasteiger partial charge in [0, 0.05) is 38.2 Å². The molecule has 1 aliphatic rings. The second-order valence-electron chi connectivity index (χ2n) is 6.52. The molecular weight excluding hydrogens is 343 g/mol. The van der Waals surface area contributed by atoms with E-state index in [1.165, 1.54) is 11.6 Å². The predicted octanol–water partition coefficient (Wildman–Crippen LogP) is 3.27. The molecule has 140 valence electrons. The number of halogens is 1. The summed E-state index contributed by atoms with van der Waals surface area (Å²) in [5.74, 6) is 1.67. The van der Waals surface area contributed by atoms with Crippen LogP contribution in [0.1, 0.15) is 29.0 Å². The number of nitriles is 1. The quantitative estimate of drug-likeness (QED) is 0.666. The van der Waals surface area contributed by atoms with E-state index in [1.807, 2.05) is 18.2 Å². The normalized spacial score (nSPS) is 16.9. The summed E-state index contributed by atoms with van der Waals surface area (Å²) in [6, 6.07) is 14.6. The van der Waals surface area contributed by atoms with Crippen molar-refractivity contribution in [3.05, 3.63) is 65.0 Å². The molecule has 0 radical (unpaired) electrons. The molecule has 2 aromatic rings. The summed E-state index contributed by atoms with van der Waals surface area (Å²) in [5, 5.41) is 12.1. The van der Waals surface area contributed by atoms with Crippen molar-refractivity contribution >= 4 is 5.96 Å². The summed E-state index contributed by atoms with van der Waals surface area (Å²) in [5.41, 5.74) is 2.12. The monoisotopic (exact) mass is 366 g/mol. The molecule has 0 aromatic heterocycles. The Labute approximate surface area is 159 Å². The molecule has 0 spiro atoms. The fourth-order valence-corrected chi connectivity index (χ4v) is 3.37. The molecule has 1 aliphatic heterocycles. The molecule has 0 saturated carbocycles. The van der Waals surface area contributed by atoms with E-state index in [9.17, 15) is 4.39 Å². The number of likely N-dealkylation sites (tertiary alicyclic amines) is 1. The molecule has 0 aliphatic carbocycles. The first-order valence-electron chi connectivity index (χ1n) is 8.92. The number of nitrogens with zero attached hydrogens (tertiary/aromatic N) is 3. The highest BCUT2D eigenvalue weighted by atomic mass is 19.1. The molecule has 1 heterocycles. The summed E-state index contributed by atoms with van der Waals surface area (Å²) in [4.78, 5) is 6.53. The van der Waals surface area contributed by atoms with Crippen LogP contribution in [0.15, 0.2) is 47.5 Å². The highest BCUT2D eigenvalue weighted by Crippen LogP contribution is 2.28. The average molecular weight is 366 g/mol. The van der Waals surface area contributed by atoms with Crippen molar-refractivity contribution in [2.24, 2.45) is 4.99 Å². The van der Waals surface area contributed by atoms with E-state index in [4.69, 9.17) is 10.00 Å². The number of hydrogen-bond donors (Lipinski definition) is 1. The van der Waals surface area contributed by atoms with Gasteiger partial charge in [-0.15, -0.1) is 0 Å². The van der Waals surface area contributed by atoms with Gasteiger partial charge in [0.1, 0.15) is 11.6 Å². The van der Waals surface area contributed by atoms with Crippen molar-refractivity contribution in [2.45, 2.75) is 18.9 Å². The maximum Gasteiger partial charge on any atom is 0.193 e. The molecule has 1 unspecified atom stereocenters. The Morgan fingerprint density at radius 1 is 1.33 bits per heavy atom. The number of nitrogens with one attached hydrogen (secondary N) is 1. The van der Waals surface area contributed by atoms with Crippen LogP contribution in [-0.2, 0) is 6.54 Å². The first kappa shape index (κ1) is 18.7. The van der Waals surface area contributed by atoms with Gasteiger partial charge in [-0.25, -0.2) is 4.39 Å². The van der Waals surface area contributed by atoms with E-state index < -0.39 is 0 Å². The van der Waals surface area contributed by atoms with E-state index in [-0.39, 0.29) is 5.82 Å². The minimum absolute atomic E-state index is 0.322. The first-order chi connectivity index (χ1) is 13.1. The van der Waals surface area contributed by atoms with Crippen LogP contribution in [0.25, 0.3) is 0 Å². The van der Waals surface area contributed by atoms with Gasteiger partial charge in [0.05, 0.1) is 18.7 Å². The van der Waals surface area contributed by atoms with Gasteiger partial charge < -0.3 is 15.0 Å². The van der Waals surface area contributed by atoms with Crippen molar-refractivity contribution in [1.29, 1.82) is 5.26 Å². The van der Waals surface area contributed by atoms with Crippen molar-refractivity contribution in [3.8, 4) is 11.8 Å². The molecule has 1 fully saturated rings. The van der Waals surface area contributed by atoms with Crippen LogP contribution in [0.2, 0.25) is 0 Å². The minimum atomic E-state index is -0.380. The molecule has 6 heteroatoms. The molecule has 2 aromatic carbocycles. The van der Waals surface area contributed by atoms with Gasteiger partial charge in [0.15, 0.2) is 5.96 Å². The second-order valence-corrected chi connectivity index (χ2v) is 6.52. The Balaban J connectivity index is 1.61. The van der Waals surface area contributed by atoms with Crippen LogP contribution < -0.4 is 10.1 Å². The second kappa shape index (κ2) is 8.54. The lowest BCUT2D eigenvalue weighted by Crippen LogP contribution is -2.39. The molecule has 0 amide bonds. The molecule has 1 atom stereocenters. The lowest BCUT2D eigenvalue weighted by Gasteiger charge is -2.22. The maximum atomic E-state index is 14.1. The largest absolute Gasteiger partial charge is 0.497 e. The van der Waals surface area contributed by atoms with Crippen LogP contribution >= 0.6 is 0 Å². The highest BCUT2D eigenvalue weighted by molar-refractivity contribution is 5.80. The Bertz CT molecular complexity index is 857. The van der Waals surface area contributed by atoms with Crippen LogP contribution in [0.4, 0.5) is 4.39 Å². The van der Waals surface area contributed by atoms with E-state index >= 15 is 0 Å². The maximum absolute atomic E-state index is 14.1.